The lowest BCUT2D eigenvalue weighted by molar-refractivity contribution is 0.246. The second-order valence-corrected chi connectivity index (χ2v) is 5.79. The van der Waals surface area contributed by atoms with Crippen LogP contribution in [0.2, 0.25) is 10.0 Å². The Labute approximate surface area is 128 Å². The topological polar surface area (TPSA) is 41.1 Å². The van der Waals surface area contributed by atoms with Crippen LogP contribution in [0.15, 0.2) is 23.1 Å². The van der Waals surface area contributed by atoms with Crippen LogP contribution in [0.1, 0.15) is 32.6 Å². The molecule has 2 amide bonds. The van der Waals surface area contributed by atoms with E-state index in [1.165, 1.54) is 24.8 Å². The first kappa shape index (κ1) is 16.5. The molecular formula is C13H18Cl2N2OS. The largest absolute Gasteiger partial charge is 0.337 e. The molecule has 0 heterocycles. The maximum absolute atomic E-state index is 11.5. The normalized spacial score (nSPS) is 10.3. The molecule has 3 nitrogen and oxygen atoms in total. The van der Waals surface area contributed by atoms with Gasteiger partial charge in [0.2, 0.25) is 0 Å². The van der Waals surface area contributed by atoms with E-state index in [4.69, 9.17) is 23.2 Å². The van der Waals surface area contributed by atoms with Crippen molar-refractivity contribution in [2.45, 2.75) is 37.5 Å². The summed E-state index contributed by atoms with van der Waals surface area (Å²) in [6, 6.07) is 5.04. The van der Waals surface area contributed by atoms with Crippen LogP contribution in [0.4, 0.5) is 4.79 Å². The Morgan fingerprint density at radius 2 is 2.00 bits per heavy atom. The Morgan fingerprint density at radius 1 is 1.21 bits per heavy atom. The van der Waals surface area contributed by atoms with E-state index >= 15 is 0 Å². The maximum atomic E-state index is 11.5. The molecule has 2 N–H and O–H groups in total. The molecule has 0 fully saturated rings. The van der Waals surface area contributed by atoms with E-state index in [2.05, 4.69) is 17.0 Å². The smallest absolute Gasteiger partial charge is 0.325 e. The minimum absolute atomic E-state index is 0.187. The molecule has 0 spiro atoms. The first-order valence-electron chi connectivity index (χ1n) is 6.29. The number of rotatable bonds is 7. The Hall–Kier alpha value is -0.580. The molecule has 0 aliphatic rings. The van der Waals surface area contributed by atoms with Crippen molar-refractivity contribution >= 4 is 41.2 Å². The van der Waals surface area contributed by atoms with Gasteiger partial charge in [-0.15, -0.1) is 0 Å². The summed E-state index contributed by atoms with van der Waals surface area (Å²) in [6.07, 6.45) is 4.57. The van der Waals surface area contributed by atoms with Gasteiger partial charge < -0.3 is 5.32 Å². The van der Waals surface area contributed by atoms with Crippen LogP contribution in [0.5, 0.6) is 0 Å². The minimum atomic E-state index is -0.187. The molecule has 106 valence electrons. The third-order valence-electron chi connectivity index (χ3n) is 2.47. The van der Waals surface area contributed by atoms with Gasteiger partial charge in [0, 0.05) is 11.4 Å². The second kappa shape index (κ2) is 9.34. The lowest BCUT2D eigenvalue weighted by Gasteiger charge is -2.07. The predicted molar refractivity (Wildman–Crippen MR) is 83.0 cm³/mol. The number of nitrogens with one attached hydrogen (secondary N) is 2. The zero-order valence-corrected chi connectivity index (χ0v) is 13.2. The summed E-state index contributed by atoms with van der Waals surface area (Å²) in [5, 5.41) is 3.79. The highest BCUT2D eigenvalue weighted by atomic mass is 35.5. The fraction of sp³-hybridized carbons (Fsp3) is 0.462. The number of benzene rings is 1. The van der Waals surface area contributed by atoms with Crippen molar-refractivity contribution in [1.82, 2.24) is 10.0 Å². The van der Waals surface area contributed by atoms with Crippen molar-refractivity contribution in [1.29, 1.82) is 0 Å². The summed E-state index contributed by atoms with van der Waals surface area (Å²) in [7, 11) is 0. The molecule has 0 aliphatic heterocycles. The molecule has 0 saturated carbocycles. The molecule has 0 saturated heterocycles. The molecular weight excluding hydrogens is 303 g/mol. The van der Waals surface area contributed by atoms with E-state index in [9.17, 15) is 4.79 Å². The fourth-order valence-corrected chi connectivity index (χ4v) is 2.39. The standard InChI is InChI=1S/C13H18Cl2N2OS/c1-2-3-4-5-8-16-13(18)17-19-10-6-7-11(14)12(15)9-10/h6-7,9H,2-5,8H2,1H3,(H2,16,17,18). The summed E-state index contributed by atoms with van der Waals surface area (Å²) in [5.41, 5.74) is 0. The van der Waals surface area contributed by atoms with Gasteiger partial charge in [-0.2, -0.15) is 0 Å². The molecule has 0 atom stereocenters. The number of carbonyl (C=O) groups excluding carboxylic acids is 1. The van der Waals surface area contributed by atoms with Crippen molar-refractivity contribution in [2.24, 2.45) is 0 Å². The van der Waals surface area contributed by atoms with Gasteiger partial charge in [-0.1, -0.05) is 49.4 Å². The quantitative estimate of drug-likeness (QED) is 0.555. The van der Waals surface area contributed by atoms with E-state index in [-0.39, 0.29) is 6.03 Å². The van der Waals surface area contributed by atoms with Crippen LogP contribution >= 0.6 is 35.1 Å². The summed E-state index contributed by atoms with van der Waals surface area (Å²) in [6.45, 7) is 2.86. The average molecular weight is 321 g/mol. The monoisotopic (exact) mass is 320 g/mol. The van der Waals surface area contributed by atoms with Crippen LogP contribution in [0, 0.1) is 0 Å². The van der Waals surface area contributed by atoms with Crippen LogP contribution in [0.25, 0.3) is 0 Å². The summed E-state index contributed by atoms with van der Waals surface area (Å²) in [4.78, 5) is 12.3. The average Bonchev–Trinajstić information content (AvgIpc) is 2.40. The zero-order valence-electron chi connectivity index (χ0n) is 10.8. The molecule has 6 heteroatoms. The number of urea groups is 1. The molecule has 1 aromatic carbocycles. The molecule has 0 bridgehead atoms. The van der Waals surface area contributed by atoms with Gasteiger partial charge in [-0.05, 0) is 36.6 Å². The third-order valence-corrected chi connectivity index (χ3v) is 3.98. The van der Waals surface area contributed by atoms with Crippen LogP contribution in [-0.2, 0) is 0 Å². The van der Waals surface area contributed by atoms with Crippen molar-refractivity contribution in [3.05, 3.63) is 28.2 Å². The third kappa shape index (κ3) is 6.95. The maximum Gasteiger partial charge on any atom is 0.325 e. The Morgan fingerprint density at radius 3 is 2.68 bits per heavy atom. The van der Waals surface area contributed by atoms with Gasteiger partial charge in [0.1, 0.15) is 0 Å². The van der Waals surface area contributed by atoms with Crippen molar-refractivity contribution < 1.29 is 4.79 Å². The van der Waals surface area contributed by atoms with E-state index in [0.29, 0.717) is 16.6 Å². The second-order valence-electron chi connectivity index (χ2n) is 4.10. The van der Waals surface area contributed by atoms with Crippen LogP contribution in [-0.4, -0.2) is 12.6 Å². The molecule has 0 unspecified atom stereocenters. The highest BCUT2D eigenvalue weighted by molar-refractivity contribution is 7.98. The number of carbonyl (C=O) groups is 1. The minimum Gasteiger partial charge on any atom is -0.337 e. The van der Waals surface area contributed by atoms with Crippen molar-refractivity contribution in [2.75, 3.05) is 6.54 Å². The van der Waals surface area contributed by atoms with E-state index in [1.807, 2.05) is 0 Å². The number of halogens is 2. The lowest BCUT2D eigenvalue weighted by atomic mass is 10.2. The number of amides is 2. The van der Waals surface area contributed by atoms with Gasteiger partial charge in [-0.3, -0.25) is 4.72 Å². The van der Waals surface area contributed by atoms with E-state index in [0.717, 1.165) is 17.7 Å². The first-order chi connectivity index (χ1) is 9.13. The number of unbranched alkanes of at least 4 members (excludes halogenated alkanes) is 3. The van der Waals surface area contributed by atoms with E-state index in [1.54, 1.807) is 18.2 Å². The number of hydrogen-bond acceptors (Lipinski definition) is 2. The fourth-order valence-electron chi connectivity index (χ4n) is 1.44. The Balaban J connectivity index is 2.20. The predicted octanol–water partition coefficient (Wildman–Crippen LogP) is 4.88. The highest BCUT2D eigenvalue weighted by Gasteiger charge is 2.03. The van der Waals surface area contributed by atoms with Gasteiger partial charge in [0.15, 0.2) is 0 Å². The molecule has 0 aliphatic carbocycles. The van der Waals surface area contributed by atoms with Crippen molar-refractivity contribution in [3.8, 4) is 0 Å². The molecule has 1 rings (SSSR count). The van der Waals surface area contributed by atoms with Gasteiger partial charge in [-0.25, -0.2) is 4.79 Å². The Kier molecular flexibility index (Phi) is 8.10. The zero-order chi connectivity index (χ0) is 14.1. The van der Waals surface area contributed by atoms with Crippen LogP contribution in [0.3, 0.4) is 0 Å². The molecule has 19 heavy (non-hydrogen) atoms. The van der Waals surface area contributed by atoms with Crippen LogP contribution < -0.4 is 10.0 Å². The van der Waals surface area contributed by atoms with Gasteiger partial charge in [0.25, 0.3) is 0 Å². The first-order valence-corrected chi connectivity index (χ1v) is 7.86. The summed E-state index contributed by atoms with van der Waals surface area (Å²) in [5.74, 6) is 0. The molecule has 0 radical (unpaired) electrons. The lowest BCUT2D eigenvalue weighted by Crippen LogP contribution is -2.31. The van der Waals surface area contributed by atoms with Gasteiger partial charge in [0.05, 0.1) is 10.0 Å². The molecule has 0 aromatic heterocycles. The van der Waals surface area contributed by atoms with E-state index < -0.39 is 0 Å². The highest BCUT2D eigenvalue weighted by Crippen LogP contribution is 2.26. The Bertz CT molecular complexity index is 416. The summed E-state index contributed by atoms with van der Waals surface area (Å²) < 4.78 is 2.70. The SMILES string of the molecule is CCCCCCNC(=O)NSc1ccc(Cl)c(Cl)c1. The van der Waals surface area contributed by atoms with Gasteiger partial charge >= 0.3 is 6.03 Å². The summed E-state index contributed by atoms with van der Waals surface area (Å²) >= 11 is 12.9. The van der Waals surface area contributed by atoms with Crippen molar-refractivity contribution in [3.63, 3.8) is 0 Å². The number of hydrogen-bond donors (Lipinski definition) is 2. The molecule has 1 aromatic rings.